The second-order valence-electron chi connectivity index (χ2n) is 4.92. The summed E-state index contributed by atoms with van der Waals surface area (Å²) in [6.45, 7) is 1.11. The first kappa shape index (κ1) is 14.8. The minimum Gasteiger partial charge on any atom is -0.259 e. The number of anilines is 1. The summed E-state index contributed by atoms with van der Waals surface area (Å²) in [5.74, 6) is 0. The van der Waals surface area contributed by atoms with E-state index in [1.165, 1.54) is 15.7 Å². The number of nitrogens with zero attached hydrogens (tertiary/aromatic N) is 3. The van der Waals surface area contributed by atoms with E-state index < -0.39 is 10.2 Å². The second kappa shape index (κ2) is 6.25. The molecule has 0 N–H and O–H groups in total. The summed E-state index contributed by atoms with van der Waals surface area (Å²) in [4.78, 5) is 0. The van der Waals surface area contributed by atoms with Crippen molar-refractivity contribution in [3.63, 3.8) is 0 Å². The summed E-state index contributed by atoms with van der Waals surface area (Å²) in [5, 5.41) is 9.10. The van der Waals surface area contributed by atoms with E-state index in [2.05, 4.69) is 0 Å². The molecule has 1 saturated heterocycles. The molecule has 1 aromatic carbocycles. The number of benzene rings is 1. The lowest BCUT2D eigenvalue weighted by Gasteiger charge is -2.28. The fraction of sp³-hybridized carbons (Fsp3) is 0.500. The van der Waals surface area contributed by atoms with Gasteiger partial charge < -0.3 is 0 Å². The summed E-state index contributed by atoms with van der Waals surface area (Å²) in [7, 11) is -2.05. The van der Waals surface area contributed by atoms with Crippen LogP contribution in [0.2, 0.25) is 0 Å². The van der Waals surface area contributed by atoms with Crippen LogP contribution in [-0.2, 0) is 10.2 Å². The standard InChI is InChI=1S/C14H19N3O2S/c1-16(14-9-5-4-8-13(14)12-15)20(18,19)17-10-6-2-3-7-11-17/h4-5,8-9H,2-3,6-7,10-11H2,1H3. The molecule has 0 unspecified atom stereocenters. The van der Waals surface area contributed by atoms with Gasteiger partial charge in [0.15, 0.2) is 0 Å². The highest BCUT2D eigenvalue weighted by Crippen LogP contribution is 2.24. The van der Waals surface area contributed by atoms with Gasteiger partial charge in [-0.25, -0.2) is 0 Å². The van der Waals surface area contributed by atoms with Crippen molar-refractivity contribution < 1.29 is 8.42 Å². The van der Waals surface area contributed by atoms with Crippen LogP contribution >= 0.6 is 0 Å². The minimum atomic E-state index is -3.56. The highest BCUT2D eigenvalue weighted by molar-refractivity contribution is 7.90. The molecule has 20 heavy (non-hydrogen) atoms. The lowest BCUT2D eigenvalue weighted by Crippen LogP contribution is -2.42. The smallest absolute Gasteiger partial charge is 0.259 e. The molecule has 5 nitrogen and oxygen atoms in total. The lowest BCUT2D eigenvalue weighted by atomic mass is 10.2. The first-order valence-corrected chi connectivity index (χ1v) is 8.20. The Morgan fingerprint density at radius 3 is 2.35 bits per heavy atom. The van der Waals surface area contributed by atoms with Crippen molar-refractivity contribution in [2.45, 2.75) is 25.7 Å². The summed E-state index contributed by atoms with van der Waals surface area (Å²) >= 11 is 0. The number of hydrogen-bond acceptors (Lipinski definition) is 3. The molecule has 0 saturated carbocycles. The van der Waals surface area contributed by atoms with Gasteiger partial charge in [-0.3, -0.25) is 4.31 Å². The van der Waals surface area contributed by atoms with Gasteiger partial charge in [-0.15, -0.1) is 0 Å². The predicted octanol–water partition coefficient (Wildman–Crippen LogP) is 2.12. The maximum atomic E-state index is 12.6. The summed E-state index contributed by atoms with van der Waals surface area (Å²) in [5.41, 5.74) is 0.799. The van der Waals surface area contributed by atoms with Crippen LogP contribution in [0.5, 0.6) is 0 Å². The van der Waals surface area contributed by atoms with Gasteiger partial charge in [0.25, 0.3) is 0 Å². The van der Waals surface area contributed by atoms with E-state index in [9.17, 15) is 8.42 Å². The van der Waals surface area contributed by atoms with Crippen LogP contribution in [-0.4, -0.2) is 32.9 Å². The predicted molar refractivity (Wildman–Crippen MR) is 78.5 cm³/mol. The second-order valence-corrected chi connectivity index (χ2v) is 6.88. The Morgan fingerprint density at radius 1 is 1.15 bits per heavy atom. The average molecular weight is 293 g/mol. The molecule has 1 aromatic rings. The first-order chi connectivity index (χ1) is 9.57. The third kappa shape index (κ3) is 2.94. The van der Waals surface area contributed by atoms with Crippen molar-refractivity contribution >= 4 is 15.9 Å². The van der Waals surface area contributed by atoms with Crippen molar-refractivity contribution in [3.8, 4) is 6.07 Å². The molecule has 0 atom stereocenters. The van der Waals surface area contributed by atoms with Gasteiger partial charge >= 0.3 is 10.2 Å². The van der Waals surface area contributed by atoms with E-state index in [-0.39, 0.29) is 0 Å². The molecule has 108 valence electrons. The number of nitriles is 1. The van der Waals surface area contributed by atoms with Crippen LogP contribution < -0.4 is 4.31 Å². The van der Waals surface area contributed by atoms with E-state index >= 15 is 0 Å². The quantitative estimate of drug-likeness (QED) is 0.857. The molecule has 0 aliphatic carbocycles. The molecule has 1 aliphatic rings. The fourth-order valence-electron chi connectivity index (χ4n) is 2.41. The maximum absolute atomic E-state index is 12.6. The van der Waals surface area contributed by atoms with E-state index in [0.29, 0.717) is 24.3 Å². The zero-order chi connectivity index (χ0) is 14.6. The van der Waals surface area contributed by atoms with E-state index in [1.54, 1.807) is 24.3 Å². The largest absolute Gasteiger partial charge is 0.303 e. The highest BCUT2D eigenvalue weighted by Gasteiger charge is 2.28. The van der Waals surface area contributed by atoms with Crippen molar-refractivity contribution in [1.82, 2.24) is 4.31 Å². The van der Waals surface area contributed by atoms with Gasteiger partial charge in [-0.1, -0.05) is 25.0 Å². The van der Waals surface area contributed by atoms with Gasteiger partial charge in [0.2, 0.25) is 0 Å². The van der Waals surface area contributed by atoms with Gasteiger partial charge in [0, 0.05) is 20.1 Å². The van der Waals surface area contributed by atoms with Gasteiger partial charge in [0.05, 0.1) is 11.3 Å². The summed E-state index contributed by atoms with van der Waals surface area (Å²) < 4.78 is 28.0. The van der Waals surface area contributed by atoms with Crippen LogP contribution in [0, 0.1) is 11.3 Å². The van der Waals surface area contributed by atoms with Gasteiger partial charge in [-0.05, 0) is 25.0 Å². The average Bonchev–Trinajstić information content (AvgIpc) is 2.76. The lowest BCUT2D eigenvalue weighted by molar-refractivity contribution is 0.422. The Balaban J connectivity index is 2.31. The SMILES string of the molecule is CN(c1ccccc1C#N)S(=O)(=O)N1CCCCCC1. The molecule has 6 heteroatoms. The molecule has 0 aromatic heterocycles. The molecule has 0 amide bonds. The third-order valence-electron chi connectivity index (χ3n) is 3.60. The van der Waals surface area contributed by atoms with Crippen molar-refractivity contribution in [2.24, 2.45) is 0 Å². The Hall–Kier alpha value is -1.58. The topological polar surface area (TPSA) is 64.4 Å². The van der Waals surface area contributed by atoms with Crippen molar-refractivity contribution in [3.05, 3.63) is 29.8 Å². The maximum Gasteiger partial charge on any atom is 0.303 e. The molecular weight excluding hydrogens is 274 g/mol. The van der Waals surface area contributed by atoms with Crippen molar-refractivity contribution in [1.29, 1.82) is 5.26 Å². The Bertz CT molecular complexity index is 599. The number of rotatable bonds is 3. The Kier molecular flexibility index (Phi) is 4.63. The fourth-order valence-corrected chi connectivity index (χ4v) is 3.89. The number of para-hydroxylation sites is 1. The summed E-state index contributed by atoms with van der Waals surface area (Å²) in [6, 6.07) is 8.80. The van der Waals surface area contributed by atoms with Crippen LogP contribution in [0.25, 0.3) is 0 Å². The van der Waals surface area contributed by atoms with Crippen LogP contribution in [0.15, 0.2) is 24.3 Å². The third-order valence-corrected chi connectivity index (χ3v) is 5.51. The molecule has 0 spiro atoms. The molecule has 1 heterocycles. The Morgan fingerprint density at radius 2 is 1.75 bits per heavy atom. The van der Waals surface area contributed by atoms with Gasteiger partial charge in [0.1, 0.15) is 6.07 Å². The van der Waals surface area contributed by atoms with Crippen LogP contribution in [0.1, 0.15) is 31.2 Å². The zero-order valence-electron chi connectivity index (χ0n) is 11.6. The monoisotopic (exact) mass is 293 g/mol. The molecule has 0 radical (unpaired) electrons. The minimum absolute atomic E-state index is 0.369. The number of hydrogen-bond donors (Lipinski definition) is 0. The van der Waals surface area contributed by atoms with E-state index in [4.69, 9.17) is 5.26 Å². The highest BCUT2D eigenvalue weighted by atomic mass is 32.2. The molecule has 1 fully saturated rings. The van der Waals surface area contributed by atoms with E-state index in [1.807, 2.05) is 6.07 Å². The first-order valence-electron chi connectivity index (χ1n) is 6.80. The Labute approximate surface area is 120 Å². The molecular formula is C14H19N3O2S. The normalized spacial score (nSPS) is 17.2. The summed E-state index contributed by atoms with van der Waals surface area (Å²) in [6.07, 6.45) is 3.94. The molecule has 2 rings (SSSR count). The van der Waals surface area contributed by atoms with Gasteiger partial charge in [-0.2, -0.15) is 18.0 Å². The van der Waals surface area contributed by atoms with E-state index in [0.717, 1.165) is 25.7 Å². The zero-order valence-corrected chi connectivity index (χ0v) is 12.4. The van der Waals surface area contributed by atoms with Crippen molar-refractivity contribution in [2.75, 3.05) is 24.4 Å². The van der Waals surface area contributed by atoms with Crippen LogP contribution in [0.4, 0.5) is 5.69 Å². The molecule has 1 aliphatic heterocycles. The molecule has 0 bridgehead atoms. The van der Waals surface area contributed by atoms with Crippen LogP contribution in [0.3, 0.4) is 0 Å².